The van der Waals surface area contributed by atoms with Gasteiger partial charge in [-0.05, 0) is 37.0 Å². The number of amides is 1. The van der Waals surface area contributed by atoms with Crippen LogP contribution in [0.4, 0.5) is 11.5 Å². The molecular formula is C19H20ClN3O4. The molecule has 1 amide bonds. The molecule has 1 heterocycles. The Labute approximate surface area is 161 Å². The Kier molecular flexibility index (Phi) is 6.24. The molecule has 1 fully saturated rings. The molecule has 0 unspecified atom stereocenters. The van der Waals surface area contributed by atoms with Gasteiger partial charge in [-0.1, -0.05) is 30.9 Å². The summed E-state index contributed by atoms with van der Waals surface area (Å²) in [5.74, 6) is 0.810. The quantitative estimate of drug-likeness (QED) is 0.562. The Morgan fingerprint density at radius 3 is 2.78 bits per heavy atom. The Balaban J connectivity index is 1.70. The van der Waals surface area contributed by atoms with Crippen LogP contribution in [0.25, 0.3) is 0 Å². The molecule has 1 aromatic carbocycles. The summed E-state index contributed by atoms with van der Waals surface area (Å²) < 4.78 is 5.89. The van der Waals surface area contributed by atoms with Crippen LogP contribution in [0.2, 0.25) is 5.02 Å². The second-order valence-electron chi connectivity index (χ2n) is 6.54. The number of halogens is 1. The van der Waals surface area contributed by atoms with Crippen LogP contribution in [0.3, 0.4) is 0 Å². The van der Waals surface area contributed by atoms with Crippen LogP contribution < -0.4 is 10.1 Å². The smallest absolute Gasteiger partial charge is 0.270 e. The molecule has 1 saturated carbocycles. The molecule has 142 valence electrons. The number of carbonyl (C=O) groups is 1. The lowest BCUT2D eigenvalue weighted by Crippen LogP contribution is -2.18. The maximum absolute atomic E-state index is 12.5. The summed E-state index contributed by atoms with van der Waals surface area (Å²) in [6, 6.07) is 7.20. The highest BCUT2D eigenvalue weighted by atomic mass is 35.5. The number of pyridine rings is 1. The van der Waals surface area contributed by atoms with Gasteiger partial charge in [-0.25, -0.2) is 4.98 Å². The third kappa shape index (κ3) is 4.95. The first kappa shape index (κ1) is 19.1. The number of nitro groups is 1. The molecule has 0 aliphatic heterocycles. The van der Waals surface area contributed by atoms with Crippen molar-refractivity contribution in [2.75, 3.05) is 11.9 Å². The Hall–Kier alpha value is -2.67. The highest BCUT2D eigenvalue weighted by Gasteiger charge is 2.18. The Bertz CT molecular complexity index is 837. The number of aromatic nitrogens is 1. The van der Waals surface area contributed by atoms with Crippen molar-refractivity contribution in [1.29, 1.82) is 0 Å². The Morgan fingerprint density at radius 1 is 1.30 bits per heavy atom. The minimum Gasteiger partial charge on any atom is -0.489 e. The molecule has 7 nitrogen and oxygen atoms in total. The Morgan fingerprint density at radius 2 is 2.07 bits per heavy atom. The van der Waals surface area contributed by atoms with Crippen LogP contribution >= 0.6 is 11.6 Å². The van der Waals surface area contributed by atoms with Crippen LogP contribution in [0.1, 0.15) is 42.5 Å². The molecule has 0 saturated heterocycles. The summed E-state index contributed by atoms with van der Waals surface area (Å²) in [4.78, 5) is 26.9. The number of ether oxygens (including phenoxy) is 1. The van der Waals surface area contributed by atoms with Gasteiger partial charge in [0.15, 0.2) is 11.6 Å². The van der Waals surface area contributed by atoms with Gasteiger partial charge < -0.3 is 10.1 Å². The number of carbonyl (C=O) groups excluding carboxylic acids is 1. The zero-order valence-electron chi connectivity index (χ0n) is 14.7. The molecule has 0 radical (unpaired) electrons. The van der Waals surface area contributed by atoms with Crippen molar-refractivity contribution in [3.8, 4) is 5.75 Å². The third-order valence-electron chi connectivity index (χ3n) is 4.61. The van der Waals surface area contributed by atoms with Gasteiger partial charge in [-0.3, -0.25) is 14.9 Å². The zero-order chi connectivity index (χ0) is 19.2. The summed E-state index contributed by atoms with van der Waals surface area (Å²) in [5.41, 5.74) is -0.0444. The van der Waals surface area contributed by atoms with Crippen LogP contribution in [-0.2, 0) is 0 Å². The highest BCUT2D eigenvalue weighted by Crippen LogP contribution is 2.28. The van der Waals surface area contributed by atoms with Crippen molar-refractivity contribution in [1.82, 2.24) is 4.98 Å². The first-order valence-corrected chi connectivity index (χ1v) is 9.25. The van der Waals surface area contributed by atoms with Crippen LogP contribution in [0.15, 0.2) is 36.5 Å². The van der Waals surface area contributed by atoms with E-state index in [1.165, 1.54) is 31.4 Å². The lowest BCUT2D eigenvalue weighted by molar-refractivity contribution is -0.384. The molecule has 27 heavy (non-hydrogen) atoms. The van der Waals surface area contributed by atoms with E-state index in [0.717, 1.165) is 18.9 Å². The maximum Gasteiger partial charge on any atom is 0.270 e. The van der Waals surface area contributed by atoms with Crippen molar-refractivity contribution in [3.63, 3.8) is 0 Å². The number of anilines is 1. The van der Waals surface area contributed by atoms with Crippen molar-refractivity contribution in [2.24, 2.45) is 5.92 Å². The predicted molar refractivity (Wildman–Crippen MR) is 102 cm³/mol. The van der Waals surface area contributed by atoms with E-state index in [0.29, 0.717) is 24.1 Å². The van der Waals surface area contributed by atoms with Gasteiger partial charge in [-0.15, -0.1) is 0 Å². The van der Waals surface area contributed by atoms with Gasteiger partial charge in [0.05, 0.1) is 22.1 Å². The average Bonchev–Trinajstić information content (AvgIpc) is 2.68. The second kappa shape index (κ2) is 8.81. The van der Waals surface area contributed by atoms with Crippen LogP contribution in [-0.4, -0.2) is 22.4 Å². The van der Waals surface area contributed by atoms with E-state index < -0.39 is 10.8 Å². The van der Waals surface area contributed by atoms with Gasteiger partial charge in [0.2, 0.25) is 0 Å². The van der Waals surface area contributed by atoms with Crippen molar-refractivity contribution in [2.45, 2.75) is 32.1 Å². The van der Waals surface area contributed by atoms with E-state index in [4.69, 9.17) is 16.3 Å². The number of non-ortho nitro benzene ring substituents is 1. The lowest BCUT2D eigenvalue weighted by Gasteiger charge is -2.22. The van der Waals surface area contributed by atoms with E-state index in [9.17, 15) is 14.9 Å². The first-order valence-electron chi connectivity index (χ1n) is 8.87. The largest absolute Gasteiger partial charge is 0.489 e. The maximum atomic E-state index is 12.5. The normalized spacial score (nSPS) is 14.6. The third-order valence-corrected chi connectivity index (χ3v) is 4.92. The van der Waals surface area contributed by atoms with Gasteiger partial charge >= 0.3 is 0 Å². The van der Waals surface area contributed by atoms with Crippen LogP contribution in [0, 0.1) is 16.0 Å². The molecule has 1 aliphatic rings. The van der Waals surface area contributed by atoms with Gasteiger partial charge in [0, 0.05) is 18.3 Å². The van der Waals surface area contributed by atoms with E-state index in [1.54, 1.807) is 18.3 Å². The first-order chi connectivity index (χ1) is 13.0. The summed E-state index contributed by atoms with van der Waals surface area (Å²) in [5, 5.41) is 13.5. The summed E-state index contributed by atoms with van der Waals surface area (Å²) in [6.45, 7) is 0.590. The summed E-state index contributed by atoms with van der Waals surface area (Å²) in [6.07, 6.45) is 7.59. The fraction of sp³-hybridized carbons (Fsp3) is 0.368. The van der Waals surface area contributed by atoms with Gasteiger partial charge in [0.1, 0.15) is 0 Å². The minimum absolute atomic E-state index is 0.00213. The second-order valence-corrected chi connectivity index (χ2v) is 6.95. The molecule has 0 spiro atoms. The number of hydrogen-bond acceptors (Lipinski definition) is 5. The molecule has 1 aromatic heterocycles. The SMILES string of the molecule is O=C(Nc1ncccc1OCC1CCCCC1)c1ccc([N+](=O)[O-])cc1Cl. The fourth-order valence-corrected chi connectivity index (χ4v) is 3.40. The van der Waals surface area contributed by atoms with Gasteiger partial charge in [-0.2, -0.15) is 0 Å². The van der Waals surface area contributed by atoms with E-state index >= 15 is 0 Å². The van der Waals surface area contributed by atoms with Crippen LogP contribution in [0.5, 0.6) is 5.75 Å². The zero-order valence-corrected chi connectivity index (χ0v) is 15.4. The van der Waals surface area contributed by atoms with Gasteiger partial charge in [0.25, 0.3) is 11.6 Å². The van der Waals surface area contributed by atoms with Crippen molar-refractivity contribution >= 4 is 29.0 Å². The number of nitrogens with zero attached hydrogens (tertiary/aromatic N) is 2. The summed E-state index contributed by atoms with van der Waals surface area (Å²) >= 11 is 6.02. The van der Waals surface area contributed by atoms with E-state index in [1.807, 2.05) is 0 Å². The highest BCUT2D eigenvalue weighted by molar-refractivity contribution is 6.34. The number of rotatable bonds is 6. The molecular weight excluding hydrogens is 370 g/mol. The molecule has 0 bridgehead atoms. The molecule has 0 atom stereocenters. The molecule has 3 rings (SSSR count). The number of hydrogen-bond donors (Lipinski definition) is 1. The topological polar surface area (TPSA) is 94.4 Å². The average molecular weight is 390 g/mol. The lowest BCUT2D eigenvalue weighted by atomic mass is 9.90. The fourth-order valence-electron chi connectivity index (χ4n) is 3.14. The molecule has 2 aromatic rings. The number of benzene rings is 1. The monoisotopic (exact) mass is 389 g/mol. The van der Waals surface area contributed by atoms with Crippen molar-refractivity contribution in [3.05, 3.63) is 57.2 Å². The minimum atomic E-state index is -0.566. The number of nitrogens with one attached hydrogen (secondary N) is 1. The number of nitro benzene ring substituents is 1. The summed E-state index contributed by atoms with van der Waals surface area (Å²) in [7, 11) is 0. The molecule has 1 aliphatic carbocycles. The van der Waals surface area contributed by atoms with E-state index in [2.05, 4.69) is 10.3 Å². The molecule has 1 N–H and O–H groups in total. The van der Waals surface area contributed by atoms with Crippen molar-refractivity contribution < 1.29 is 14.5 Å². The predicted octanol–water partition coefficient (Wildman–Crippen LogP) is 4.85. The standard InChI is InChI=1S/C19H20ClN3O4/c20-16-11-14(23(25)26)8-9-15(16)19(24)22-18-17(7-4-10-21-18)27-12-13-5-2-1-3-6-13/h4,7-11,13H,1-3,5-6,12H2,(H,21,22,24). The van der Waals surface area contributed by atoms with E-state index in [-0.39, 0.29) is 16.3 Å². The molecule has 8 heteroatoms.